The number of para-hydroxylation sites is 1. The Morgan fingerprint density at radius 2 is 1.95 bits per heavy atom. The minimum absolute atomic E-state index is 0.252. The van der Waals surface area contributed by atoms with Crippen LogP contribution in [-0.4, -0.2) is 13.2 Å². The van der Waals surface area contributed by atoms with Gasteiger partial charge in [-0.25, -0.2) is 0 Å². The lowest BCUT2D eigenvalue weighted by Crippen LogP contribution is -2.07. The van der Waals surface area contributed by atoms with Crippen molar-refractivity contribution < 1.29 is 9.47 Å². The van der Waals surface area contributed by atoms with Crippen LogP contribution in [0.5, 0.6) is 11.5 Å². The van der Waals surface area contributed by atoms with Gasteiger partial charge in [-0.15, -0.1) is 0 Å². The van der Waals surface area contributed by atoms with Gasteiger partial charge in [0, 0.05) is 16.3 Å². The Kier molecular flexibility index (Phi) is 3.97. The third kappa shape index (κ3) is 2.55. The molecule has 3 rings (SSSR count). The molecule has 0 aliphatic carbocycles. The van der Waals surface area contributed by atoms with Crippen molar-refractivity contribution in [1.29, 1.82) is 0 Å². The summed E-state index contributed by atoms with van der Waals surface area (Å²) in [6.07, 6.45) is 0. The zero-order chi connectivity index (χ0) is 13.9. The van der Waals surface area contributed by atoms with Gasteiger partial charge < -0.3 is 9.47 Å². The van der Waals surface area contributed by atoms with Gasteiger partial charge >= 0.3 is 0 Å². The zero-order valence-electron chi connectivity index (χ0n) is 11.4. The molecule has 0 N–H and O–H groups in total. The molecule has 2 aromatic carbocycles. The molecule has 3 heteroatoms. The molecule has 0 radical (unpaired) electrons. The van der Waals surface area contributed by atoms with Gasteiger partial charge in [-0.05, 0) is 30.7 Å². The van der Waals surface area contributed by atoms with E-state index in [1.165, 1.54) is 11.1 Å². The van der Waals surface area contributed by atoms with Crippen molar-refractivity contribution in [3.63, 3.8) is 0 Å². The highest BCUT2D eigenvalue weighted by atomic mass is 79.9. The molecule has 2 atom stereocenters. The van der Waals surface area contributed by atoms with Crippen LogP contribution in [0.25, 0.3) is 0 Å². The van der Waals surface area contributed by atoms with E-state index in [0.29, 0.717) is 12.5 Å². The minimum atomic E-state index is 0.252. The first-order valence-corrected chi connectivity index (χ1v) is 7.79. The van der Waals surface area contributed by atoms with E-state index >= 15 is 0 Å². The SMILES string of the molecule is CCOc1ccc(C(Br)C2COc3ccccc32)cc1. The fraction of sp³-hybridized carbons (Fsp3) is 0.294. The zero-order valence-corrected chi connectivity index (χ0v) is 13.0. The average molecular weight is 333 g/mol. The summed E-state index contributed by atoms with van der Waals surface area (Å²) in [5.74, 6) is 2.27. The van der Waals surface area contributed by atoms with Gasteiger partial charge in [0.05, 0.1) is 13.2 Å². The molecule has 1 heterocycles. The lowest BCUT2D eigenvalue weighted by atomic mass is 9.93. The number of ether oxygens (including phenoxy) is 2. The first-order chi connectivity index (χ1) is 9.79. The van der Waals surface area contributed by atoms with E-state index < -0.39 is 0 Å². The maximum absolute atomic E-state index is 5.76. The Labute approximate surface area is 127 Å². The molecule has 0 aromatic heterocycles. The van der Waals surface area contributed by atoms with E-state index in [9.17, 15) is 0 Å². The fourth-order valence-electron chi connectivity index (χ4n) is 2.58. The molecule has 0 bridgehead atoms. The van der Waals surface area contributed by atoms with Crippen molar-refractivity contribution in [3.8, 4) is 11.5 Å². The Bertz CT molecular complexity index is 580. The van der Waals surface area contributed by atoms with Crippen LogP contribution in [0.4, 0.5) is 0 Å². The van der Waals surface area contributed by atoms with Crippen LogP contribution in [0.3, 0.4) is 0 Å². The molecule has 104 valence electrons. The van der Waals surface area contributed by atoms with Gasteiger partial charge in [0.25, 0.3) is 0 Å². The summed E-state index contributed by atoms with van der Waals surface area (Å²) in [5.41, 5.74) is 2.53. The summed E-state index contributed by atoms with van der Waals surface area (Å²) in [5, 5.41) is 0. The van der Waals surface area contributed by atoms with Gasteiger partial charge in [0.1, 0.15) is 11.5 Å². The van der Waals surface area contributed by atoms with E-state index in [1.807, 2.05) is 31.2 Å². The smallest absolute Gasteiger partial charge is 0.122 e. The second-order valence-electron chi connectivity index (χ2n) is 4.86. The molecule has 1 aliphatic heterocycles. The van der Waals surface area contributed by atoms with Crippen LogP contribution in [-0.2, 0) is 0 Å². The van der Waals surface area contributed by atoms with Crippen LogP contribution >= 0.6 is 15.9 Å². The van der Waals surface area contributed by atoms with Gasteiger partial charge in [0.15, 0.2) is 0 Å². The number of alkyl halides is 1. The average Bonchev–Trinajstić information content (AvgIpc) is 2.92. The summed E-state index contributed by atoms with van der Waals surface area (Å²) in [6, 6.07) is 16.5. The standard InChI is InChI=1S/C17H17BrO2/c1-2-19-13-9-7-12(8-10-13)17(18)15-11-20-16-6-4-3-5-14(15)16/h3-10,15,17H,2,11H2,1H3. The van der Waals surface area contributed by atoms with Crippen LogP contribution in [0.2, 0.25) is 0 Å². The van der Waals surface area contributed by atoms with Crippen molar-refractivity contribution in [2.75, 3.05) is 13.2 Å². The highest BCUT2D eigenvalue weighted by molar-refractivity contribution is 9.09. The number of rotatable bonds is 4. The highest BCUT2D eigenvalue weighted by Crippen LogP contribution is 2.45. The molecule has 0 amide bonds. The summed E-state index contributed by atoms with van der Waals surface area (Å²) < 4.78 is 11.2. The Balaban J connectivity index is 1.81. The predicted octanol–water partition coefficient (Wildman–Crippen LogP) is 4.70. The first-order valence-electron chi connectivity index (χ1n) is 6.88. The Hall–Kier alpha value is -1.48. The largest absolute Gasteiger partial charge is 0.494 e. The molecule has 2 nitrogen and oxygen atoms in total. The Morgan fingerprint density at radius 3 is 2.70 bits per heavy atom. The summed E-state index contributed by atoms with van der Waals surface area (Å²) in [6.45, 7) is 3.41. The van der Waals surface area contributed by atoms with Crippen LogP contribution in [0, 0.1) is 0 Å². The van der Waals surface area contributed by atoms with E-state index in [-0.39, 0.29) is 4.83 Å². The summed E-state index contributed by atoms with van der Waals surface area (Å²) >= 11 is 3.83. The van der Waals surface area contributed by atoms with Crippen molar-refractivity contribution in [3.05, 3.63) is 59.7 Å². The second-order valence-corrected chi connectivity index (χ2v) is 5.85. The van der Waals surface area contributed by atoms with Crippen molar-refractivity contribution in [2.24, 2.45) is 0 Å². The highest BCUT2D eigenvalue weighted by Gasteiger charge is 2.30. The topological polar surface area (TPSA) is 18.5 Å². The van der Waals surface area contributed by atoms with Crippen LogP contribution < -0.4 is 9.47 Å². The van der Waals surface area contributed by atoms with Gasteiger partial charge in [-0.1, -0.05) is 46.3 Å². The van der Waals surface area contributed by atoms with Gasteiger partial charge in [-0.3, -0.25) is 0 Å². The first kappa shape index (κ1) is 13.5. The van der Waals surface area contributed by atoms with Gasteiger partial charge in [-0.2, -0.15) is 0 Å². The number of fused-ring (bicyclic) bond motifs is 1. The minimum Gasteiger partial charge on any atom is -0.494 e. The molecule has 0 saturated carbocycles. The van der Waals surface area contributed by atoms with Crippen molar-refractivity contribution in [2.45, 2.75) is 17.7 Å². The van der Waals surface area contributed by atoms with E-state index in [2.05, 4.69) is 40.2 Å². The monoisotopic (exact) mass is 332 g/mol. The molecule has 20 heavy (non-hydrogen) atoms. The molecule has 0 saturated heterocycles. The second kappa shape index (κ2) is 5.88. The fourth-order valence-corrected chi connectivity index (χ4v) is 3.32. The predicted molar refractivity (Wildman–Crippen MR) is 84.0 cm³/mol. The maximum Gasteiger partial charge on any atom is 0.122 e. The summed E-state index contributed by atoms with van der Waals surface area (Å²) in [7, 11) is 0. The number of hydrogen-bond donors (Lipinski definition) is 0. The quantitative estimate of drug-likeness (QED) is 0.755. The van der Waals surface area contributed by atoms with Gasteiger partial charge in [0.2, 0.25) is 0 Å². The molecule has 0 fully saturated rings. The Morgan fingerprint density at radius 1 is 1.20 bits per heavy atom. The lowest BCUT2D eigenvalue weighted by molar-refractivity contribution is 0.329. The lowest BCUT2D eigenvalue weighted by Gasteiger charge is -2.17. The molecular formula is C17H17BrO2. The van der Waals surface area contributed by atoms with Crippen molar-refractivity contribution in [1.82, 2.24) is 0 Å². The van der Waals surface area contributed by atoms with E-state index in [4.69, 9.17) is 9.47 Å². The van der Waals surface area contributed by atoms with Crippen LogP contribution in [0.15, 0.2) is 48.5 Å². The number of hydrogen-bond acceptors (Lipinski definition) is 2. The molecule has 2 aromatic rings. The molecule has 1 aliphatic rings. The van der Waals surface area contributed by atoms with E-state index in [1.54, 1.807) is 0 Å². The number of halogens is 1. The normalized spacial score (nSPS) is 18.2. The van der Waals surface area contributed by atoms with E-state index in [0.717, 1.165) is 18.1 Å². The third-order valence-corrected chi connectivity index (χ3v) is 4.77. The molecule has 0 spiro atoms. The molecule has 2 unspecified atom stereocenters. The van der Waals surface area contributed by atoms with Crippen molar-refractivity contribution >= 4 is 15.9 Å². The molecular weight excluding hydrogens is 316 g/mol. The van der Waals surface area contributed by atoms with Crippen LogP contribution in [0.1, 0.15) is 28.8 Å². The third-order valence-electron chi connectivity index (χ3n) is 3.60. The summed E-state index contributed by atoms with van der Waals surface area (Å²) in [4.78, 5) is 0.252. The number of benzene rings is 2. The maximum atomic E-state index is 5.76.